The summed E-state index contributed by atoms with van der Waals surface area (Å²) in [5.41, 5.74) is 1.48. The van der Waals surface area contributed by atoms with Crippen LogP contribution in [0.5, 0.6) is 11.5 Å². The van der Waals surface area contributed by atoms with Crippen molar-refractivity contribution in [2.45, 2.75) is 25.4 Å². The highest BCUT2D eigenvalue weighted by molar-refractivity contribution is 7.99. The molecule has 2 aliphatic rings. The minimum atomic E-state index is 0.198. The van der Waals surface area contributed by atoms with Gasteiger partial charge in [0.05, 0.1) is 0 Å². The maximum atomic E-state index is 5.43. The summed E-state index contributed by atoms with van der Waals surface area (Å²) in [7, 11) is 0. The molecule has 2 heterocycles. The maximum absolute atomic E-state index is 5.43. The molecule has 0 aromatic heterocycles. The summed E-state index contributed by atoms with van der Waals surface area (Å²) in [6.07, 6.45) is 0. The summed E-state index contributed by atoms with van der Waals surface area (Å²) in [5, 5.41) is 3.68. The molecule has 4 heteroatoms. The van der Waals surface area contributed by atoms with Gasteiger partial charge in [0.15, 0.2) is 11.5 Å². The highest BCUT2D eigenvalue weighted by Gasteiger charge is 2.29. The summed E-state index contributed by atoms with van der Waals surface area (Å²) in [6.45, 7) is 4.84. The zero-order chi connectivity index (χ0) is 11.9. The third kappa shape index (κ3) is 2.24. The fourth-order valence-electron chi connectivity index (χ4n) is 2.30. The van der Waals surface area contributed by atoms with Gasteiger partial charge in [-0.3, -0.25) is 0 Å². The van der Waals surface area contributed by atoms with Crippen molar-refractivity contribution in [3.05, 3.63) is 23.8 Å². The van der Waals surface area contributed by atoms with Crippen molar-refractivity contribution in [2.75, 3.05) is 18.3 Å². The van der Waals surface area contributed by atoms with E-state index < -0.39 is 0 Å². The first-order chi connectivity index (χ1) is 8.14. The lowest BCUT2D eigenvalue weighted by molar-refractivity contribution is 0.174. The molecule has 92 valence electrons. The van der Waals surface area contributed by atoms with Gasteiger partial charge in [0.1, 0.15) is 0 Å². The molecule has 1 saturated heterocycles. The fourth-order valence-corrected chi connectivity index (χ4v) is 3.52. The Morgan fingerprint density at radius 2 is 2.12 bits per heavy atom. The summed E-state index contributed by atoms with van der Waals surface area (Å²) in [6, 6.07) is 6.64. The van der Waals surface area contributed by atoms with E-state index in [0.717, 1.165) is 23.0 Å². The van der Waals surface area contributed by atoms with E-state index in [1.54, 1.807) is 0 Å². The molecule has 0 bridgehead atoms. The predicted molar refractivity (Wildman–Crippen MR) is 69.8 cm³/mol. The van der Waals surface area contributed by atoms with Crippen molar-refractivity contribution < 1.29 is 9.47 Å². The van der Waals surface area contributed by atoms with E-state index in [9.17, 15) is 0 Å². The Labute approximate surface area is 106 Å². The molecule has 0 saturated carbocycles. The Morgan fingerprint density at radius 1 is 1.29 bits per heavy atom. The first kappa shape index (κ1) is 11.2. The minimum absolute atomic E-state index is 0.198. The van der Waals surface area contributed by atoms with Crippen LogP contribution in [0.3, 0.4) is 0 Å². The van der Waals surface area contributed by atoms with Crippen molar-refractivity contribution in [1.29, 1.82) is 0 Å². The fraction of sp³-hybridized carbons (Fsp3) is 0.538. The van der Waals surface area contributed by atoms with Crippen LogP contribution in [0.4, 0.5) is 0 Å². The zero-order valence-corrected chi connectivity index (χ0v) is 11.0. The number of benzene rings is 1. The molecule has 3 rings (SSSR count). The third-order valence-corrected chi connectivity index (χ3v) is 4.61. The van der Waals surface area contributed by atoms with Gasteiger partial charge < -0.3 is 14.8 Å². The molecular weight excluding hydrogens is 234 g/mol. The van der Waals surface area contributed by atoms with Gasteiger partial charge in [-0.05, 0) is 31.5 Å². The smallest absolute Gasteiger partial charge is 0.231 e. The van der Waals surface area contributed by atoms with Gasteiger partial charge in [-0.2, -0.15) is 11.8 Å². The van der Waals surface area contributed by atoms with Gasteiger partial charge in [0, 0.05) is 23.1 Å². The summed E-state index contributed by atoms with van der Waals surface area (Å²) in [5.74, 6) is 4.01. The Kier molecular flexibility index (Phi) is 2.71. The Balaban J connectivity index is 1.84. The molecule has 1 fully saturated rings. The Hall–Kier alpha value is -0.870. The highest BCUT2D eigenvalue weighted by atomic mass is 32.2. The molecule has 1 aromatic rings. The molecule has 3 nitrogen and oxygen atoms in total. The number of nitrogens with one attached hydrogen (secondary N) is 1. The quantitative estimate of drug-likeness (QED) is 0.831. The maximum Gasteiger partial charge on any atom is 0.231 e. The van der Waals surface area contributed by atoms with Crippen LogP contribution < -0.4 is 14.8 Å². The van der Waals surface area contributed by atoms with Crippen molar-refractivity contribution in [1.82, 2.24) is 5.32 Å². The average Bonchev–Trinajstić information content (AvgIpc) is 2.74. The second-order valence-corrected chi connectivity index (χ2v) is 6.24. The standard InChI is InChI=1S/C13H17NO2S/c1-13(2)7-17-6-10(14-13)9-3-4-11-12(5-9)16-8-15-11/h3-5,10,14H,6-8H2,1-2H3. The van der Waals surface area contributed by atoms with Gasteiger partial charge in [-0.1, -0.05) is 6.07 Å². The predicted octanol–water partition coefficient (Wildman–Crippen LogP) is 2.57. The molecule has 0 radical (unpaired) electrons. The second-order valence-electron chi connectivity index (χ2n) is 5.21. The lowest BCUT2D eigenvalue weighted by Crippen LogP contribution is -2.48. The van der Waals surface area contributed by atoms with Gasteiger partial charge in [0.25, 0.3) is 0 Å². The first-order valence-electron chi connectivity index (χ1n) is 5.89. The average molecular weight is 251 g/mol. The second kappa shape index (κ2) is 4.10. The Morgan fingerprint density at radius 3 is 2.94 bits per heavy atom. The summed E-state index contributed by atoms with van der Waals surface area (Å²) < 4.78 is 10.8. The molecular formula is C13H17NO2S. The van der Waals surface area contributed by atoms with Crippen LogP contribution in [0, 0.1) is 0 Å². The number of hydrogen-bond donors (Lipinski definition) is 1. The van der Waals surface area contributed by atoms with E-state index in [1.807, 2.05) is 17.8 Å². The molecule has 1 atom stereocenters. The van der Waals surface area contributed by atoms with Crippen LogP contribution >= 0.6 is 11.8 Å². The topological polar surface area (TPSA) is 30.5 Å². The molecule has 0 spiro atoms. The SMILES string of the molecule is CC1(C)CSCC(c2ccc3c(c2)OCO3)N1. The normalized spacial score (nSPS) is 25.9. The lowest BCUT2D eigenvalue weighted by Gasteiger charge is -2.37. The lowest BCUT2D eigenvalue weighted by atomic mass is 10.0. The van der Waals surface area contributed by atoms with Crippen molar-refractivity contribution in [3.8, 4) is 11.5 Å². The number of fused-ring (bicyclic) bond motifs is 1. The summed E-state index contributed by atoms with van der Waals surface area (Å²) >= 11 is 2.00. The van der Waals surface area contributed by atoms with E-state index >= 15 is 0 Å². The monoisotopic (exact) mass is 251 g/mol. The van der Waals surface area contributed by atoms with Crippen LogP contribution in [0.1, 0.15) is 25.5 Å². The minimum Gasteiger partial charge on any atom is -0.454 e. The molecule has 2 aliphatic heterocycles. The van der Waals surface area contributed by atoms with Crippen LogP contribution in [0.25, 0.3) is 0 Å². The zero-order valence-electron chi connectivity index (χ0n) is 10.2. The van der Waals surface area contributed by atoms with Crippen LogP contribution in [-0.2, 0) is 0 Å². The van der Waals surface area contributed by atoms with Crippen LogP contribution in [-0.4, -0.2) is 23.8 Å². The van der Waals surface area contributed by atoms with E-state index in [2.05, 4.69) is 31.3 Å². The summed E-state index contributed by atoms with van der Waals surface area (Å²) in [4.78, 5) is 0. The molecule has 1 N–H and O–H groups in total. The molecule has 17 heavy (non-hydrogen) atoms. The van der Waals surface area contributed by atoms with E-state index in [-0.39, 0.29) is 5.54 Å². The molecule has 1 aromatic carbocycles. The van der Waals surface area contributed by atoms with E-state index in [0.29, 0.717) is 12.8 Å². The van der Waals surface area contributed by atoms with Crippen molar-refractivity contribution >= 4 is 11.8 Å². The highest BCUT2D eigenvalue weighted by Crippen LogP contribution is 2.36. The van der Waals surface area contributed by atoms with Gasteiger partial charge in [-0.15, -0.1) is 0 Å². The molecule has 0 aliphatic carbocycles. The number of thioether (sulfide) groups is 1. The van der Waals surface area contributed by atoms with Crippen LogP contribution in [0.2, 0.25) is 0 Å². The van der Waals surface area contributed by atoms with Gasteiger partial charge >= 0.3 is 0 Å². The van der Waals surface area contributed by atoms with E-state index in [4.69, 9.17) is 9.47 Å². The van der Waals surface area contributed by atoms with Crippen molar-refractivity contribution in [3.63, 3.8) is 0 Å². The van der Waals surface area contributed by atoms with Crippen molar-refractivity contribution in [2.24, 2.45) is 0 Å². The number of hydrogen-bond acceptors (Lipinski definition) is 4. The van der Waals surface area contributed by atoms with Gasteiger partial charge in [-0.25, -0.2) is 0 Å². The largest absolute Gasteiger partial charge is 0.454 e. The molecule has 0 amide bonds. The van der Waals surface area contributed by atoms with Crippen LogP contribution in [0.15, 0.2) is 18.2 Å². The number of ether oxygens (including phenoxy) is 2. The van der Waals surface area contributed by atoms with Gasteiger partial charge in [0.2, 0.25) is 6.79 Å². The number of rotatable bonds is 1. The molecule has 1 unspecified atom stereocenters. The Bertz CT molecular complexity index is 433. The third-order valence-electron chi connectivity index (χ3n) is 3.11. The van der Waals surface area contributed by atoms with E-state index in [1.165, 1.54) is 5.56 Å². The first-order valence-corrected chi connectivity index (χ1v) is 7.04.